The molecule has 16 heavy (non-hydrogen) atoms. The molecule has 1 aromatic rings. The molecule has 1 heterocycles. The van der Waals surface area contributed by atoms with Crippen LogP contribution in [0.25, 0.3) is 0 Å². The quantitative estimate of drug-likeness (QED) is 0.731. The van der Waals surface area contributed by atoms with Crippen molar-refractivity contribution in [3.05, 3.63) is 23.8 Å². The van der Waals surface area contributed by atoms with E-state index < -0.39 is 5.97 Å². The number of carboxylic acid groups (broad SMARTS) is 1. The Morgan fingerprint density at radius 2 is 2.19 bits per heavy atom. The monoisotopic (exact) mass is 220 g/mol. The Morgan fingerprint density at radius 1 is 1.44 bits per heavy atom. The van der Waals surface area contributed by atoms with Gasteiger partial charge in [0, 0.05) is 18.7 Å². The zero-order valence-corrected chi connectivity index (χ0v) is 8.64. The van der Waals surface area contributed by atoms with Crippen LogP contribution in [0.4, 0.5) is 11.4 Å². The number of hydrogen-bond donors (Lipinski definition) is 2. The van der Waals surface area contributed by atoms with Crippen molar-refractivity contribution in [1.82, 2.24) is 0 Å². The van der Waals surface area contributed by atoms with Gasteiger partial charge in [-0.3, -0.25) is 4.79 Å². The van der Waals surface area contributed by atoms with Crippen LogP contribution in [0.5, 0.6) is 0 Å². The van der Waals surface area contributed by atoms with Crippen LogP contribution < -0.4 is 10.6 Å². The van der Waals surface area contributed by atoms with Gasteiger partial charge in [-0.1, -0.05) is 0 Å². The summed E-state index contributed by atoms with van der Waals surface area (Å²) in [5, 5.41) is 9.04. The largest absolute Gasteiger partial charge is 0.478 e. The van der Waals surface area contributed by atoms with E-state index in [-0.39, 0.29) is 11.5 Å². The first kappa shape index (κ1) is 10.5. The number of nitrogen functional groups attached to an aromatic ring is 1. The summed E-state index contributed by atoms with van der Waals surface area (Å²) in [7, 11) is 0. The topological polar surface area (TPSA) is 83.6 Å². The smallest absolute Gasteiger partial charge is 0.337 e. The molecule has 0 radical (unpaired) electrons. The summed E-state index contributed by atoms with van der Waals surface area (Å²) in [5.74, 6) is -1.10. The Kier molecular flexibility index (Phi) is 2.52. The van der Waals surface area contributed by atoms with Crippen LogP contribution in [0.15, 0.2) is 18.2 Å². The molecule has 3 N–H and O–H groups in total. The second-order valence-electron chi connectivity index (χ2n) is 3.73. The molecule has 1 aliphatic heterocycles. The van der Waals surface area contributed by atoms with Gasteiger partial charge in [0.2, 0.25) is 5.91 Å². The van der Waals surface area contributed by atoms with Gasteiger partial charge >= 0.3 is 5.97 Å². The van der Waals surface area contributed by atoms with E-state index in [1.807, 2.05) is 0 Å². The summed E-state index contributed by atoms with van der Waals surface area (Å²) in [4.78, 5) is 24.1. The van der Waals surface area contributed by atoms with Crippen molar-refractivity contribution in [3.8, 4) is 0 Å². The zero-order valence-electron chi connectivity index (χ0n) is 8.64. The molecule has 1 fully saturated rings. The Hall–Kier alpha value is -2.04. The summed E-state index contributed by atoms with van der Waals surface area (Å²) >= 11 is 0. The van der Waals surface area contributed by atoms with Crippen molar-refractivity contribution in [2.75, 3.05) is 17.2 Å². The van der Waals surface area contributed by atoms with Crippen molar-refractivity contribution in [2.45, 2.75) is 12.8 Å². The van der Waals surface area contributed by atoms with Gasteiger partial charge < -0.3 is 15.7 Å². The number of carbonyl (C=O) groups is 2. The summed E-state index contributed by atoms with van der Waals surface area (Å²) in [6, 6.07) is 4.57. The lowest BCUT2D eigenvalue weighted by Gasteiger charge is -2.18. The van der Waals surface area contributed by atoms with Crippen molar-refractivity contribution in [1.29, 1.82) is 0 Å². The molecular weight excluding hydrogens is 208 g/mol. The SMILES string of the molecule is Nc1ccc(N2CCCC2=O)c(C(=O)O)c1. The molecule has 0 aliphatic carbocycles. The number of nitrogens with two attached hydrogens (primary N) is 1. The fourth-order valence-corrected chi connectivity index (χ4v) is 1.86. The second-order valence-corrected chi connectivity index (χ2v) is 3.73. The van der Waals surface area contributed by atoms with E-state index >= 15 is 0 Å². The number of benzene rings is 1. The highest BCUT2D eigenvalue weighted by atomic mass is 16.4. The molecule has 0 saturated carbocycles. The highest BCUT2D eigenvalue weighted by Gasteiger charge is 2.25. The minimum Gasteiger partial charge on any atom is -0.478 e. The molecule has 84 valence electrons. The van der Waals surface area contributed by atoms with E-state index in [9.17, 15) is 9.59 Å². The van der Waals surface area contributed by atoms with Crippen molar-refractivity contribution in [3.63, 3.8) is 0 Å². The molecule has 0 atom stereocenters. The highest BCUT2D eigenvalue weighted by molar-refractivity contribution is 6.03. The fraction of sp³-hybridized carbons (Fsp3) is 0.273. The van der Waals surface area contributed by atoms with Crippen LogP contribution in [0.2, 0.25) is 0 Å². The minimum atomic E-state index is -1.07. The average molecular weight is 220 g/mol. The maximum Gasteiger partial charge on any atom is 0.337 e. The maximum atomic E-state index is 11.5. The first-order valence-electron chi connectivity index (χ1n) is 5.03. The van der Waals surface area contributed by atoms with Crippen LogP contribution >= 0.6 is 0 Å². The summed E-state index contributed by atoms with van der Waals surface area (Å²) in [5.41, 5.74) is 6.43. The van der Waals surface area contributed by atoms with Gasteiger partial charge in [0.1, 0.15) is 0 Å². The minimum absolute atomic E-state index is 0.0349. The number of carboxylic acids is 1. The Balaban J connectivity index is 2.47. The Morgan fingerprint density at radius 3 is 2.75 bits per heavy atom. The molecule has 0 aromatic heterocycles. The summed E-state index contributed by atoms with van der Waals surface area (Å²) < 4.78 is 0. The third-order valence-electron chi connectivity index (χ3n) is 2.62. The van der Waals surface area contributed by atoms with Gasteiger partial charge in [-0.2, -0.15) is 0 Å². The first-order valence-corrected chi connectivity index (χ1v) is 5.03. The third kappa shape index (κ3) is 1.71. The molecular formula is C11H12N2O3. The lowest BCUT2D eigenvalue weighted by Crippen LogP contribution is -2.25. The molecule has 1 aliphatic rings. The molecule has 5 nitrogen and oxygen atoms in total. The van der Waals surface area contributed by atoms with Crippen LogP contribution in [-0.2, 0) is 4.79 Å². The molecule has 0 bridgehead atoms. The Labute approximate surface area is 92.5 Å². The van der Waals surface area contributed by atoms with Crippen LogP contribution in [0.1, 0.15) is 23.2 Å². The number of anilines is 2. The van der Waals surface area contributed by atoms with Crippen molar-refractivity contribution >= 4 is 23.3 Å². The molecule has 5 heteroatoms. The van der Waals surface area contributed by atoms with Gasteiger partial charge in [-0.25, -0.2) is 4.79 Å². The number of carbonyl (C=O) groups excluding carboxylic acids is 1. The lowest BCUT2D eigenvalue weighted by atomic mass is 10.1. The molecule has 2 rings (SSSR count). The zero-order chi connectivity index (χ0) is 11.7. The molecule has 1 amide bonds. The van der Waals surface area contributed by atoms with E-state index in [0.717, 1.165) is 6.42 Å². The molecule has 0 unspecified atom stereocenters. The molecule has 0 spiro atoms. The van der Waals surface area contributed by atoms with E-state index in [1.165, 1.54) is 11.0 Å². The van der Waals surface area contributed by atoms with Crippen LogP contribution in [-0.4, -0.2) is 23.5 Å². The first-order chi connectivity index (χ1) is 7.59. The average Bonchev–Trinajstić information content (AvgIpc) is 2.64. The van der Waals surface area contributed by atoms with Crippen molar-refractivity contribution < 1.29 is 14.7 Å². The Bertz CT molecular complexity index is 457. The van der Waals surface area contributed by atoms with Crippen LogP contribution in [0.3, 0.4) is 0 Å². The number of aromatic carboxylic acids is 1. The fourth-order valence-electron chi connectivity index (χ4n) is 1.86. The predicted molar refractivity (Wildman–Crippen MR) is 59.4 cm³/mol. The van der Waals surface area contributed by atoms with Gasteiger partial charge in [0.15, 0.2) is 0 Å². The number of rotatable bonds is 2. The highest BCUT2D eigenvalue weighted by Crippen LogP contribution is 2.27. The number of amides is 1. The van der Waals surface area contributed by atoms with E-state index in [4.69, 9.17) is 10.8 Å². The third-order valence-corrected chi connectivity index (χ3v) is 2.62. The van der Waals surface area contributed by atoms with Crippen molar-refractivity contribution in [2.24, 2.45) is 0 Å². The molecule has 1 aromatic carbocycles. The van der Waals surface area contributed by atoms with Gasteiger partial charge in [-0.15, -0.1) is 0 Å². The van der Waals surface area contributed by atoms with Gasteiger partial charge in [0.25, 0.3) is 0 Å². The van der Waals surface area contributed by atoms with Gasteiger partial charge in [0.05, 0.1) is 11.3 Å². The van der Waals surface area contributed by atoms with E-state index in [1.54, 1.807) is 12.1 Å². The van der Waals surface area contributed by atoms with Gasteiger partial charge in [-0.05, 0) is 24.6 Å². The van der Waals surface area contributed by atoms with E-state index in [2.05, 4.69) is 0 Å². The lowest BCUT2D eigenvalue weighted by molar-refractivity contribution is -0.117. The second kappa shape index (κ2) is 3.84. The summed E-state index contributed by atoms with van der Waals surface area (Å²) in [6.07, 6.45) is 1.24. The van der Waals surface area contributed by atoms with E-state index in [0.29, 0.717) is 24.3 Å². The number of hydrogen-bond acceptors (Lipinski definition) is 3. The molecule has 1 saturated heterocycles. The number of nitrogens with zero attached hydrogens (tertiary/aromatic N) is 1. The normalized spacial score (nSPS) is 15.5. The maximum absolute atomic E-state index is 11.5. The predicted octanol–water partition coefficient (Wildman–Crippen LogP) is 1.09. The standard InChI is InChI=1S/C11H12N2O3/c12-7-3-4-9(8(6-7)11(15)16)13-5-1-2-10(13)14/h3-4,6H,1-2,5,12H2,(H,15,16). The van der Waals surface area contributed by atoms with Crippen LogP contribution in [0, 0.1) is 0 Å². The summed E-state index contributed by atoms with van der Waals surface area (Å²) in [6.45, 7) is 0.572.